The molecular weight excluding hydrogens is 449 g/mol. The third kappa shape index (κ3) is 5.43. The van der Waals surface area contributed by atoms with Gasteiger partial charge in [-0.1, -0.05) is 24.2 Å². The van der Waals surface area contributed by atoms with Crippen LogP contribution in [-0.2, 0) is 11.2 Å². The maximum absolute atomic E-state index is 12.4. The molecule has 1 aliphatic rings. The van der Waals surface area contributed by atoms with Crippen LogP contribution in [0.15, 0.2) is 47.0 Å². The molecule has 1 saturated carbocycles. The molecule has 11 heteroatoms. The van der Waals surface area contributed by atoms with Crippen molar-refractivity contribution in [1.82, 2.24) is 20.5 Å². The normalized spacial score (nSPS) is 18.4. The van der Waals surface area contributed by atoms with Crippen molar-refractivity contribution in [3.05, 3.63) is 65.1 Å². The van der Waals surface area contributed by atoms with E-state index in [1.165, 1.54) is 0 Å². The first-order valence-corrected chi connectivity index (χ1v) is 10.2. The first-order chi connectivity index (χ1) is 15.2. The number of rotatable bonds is 7. The Hall–Kier alpha value is -2.98. The van der Waals surface area contributed by atoms with Gasteiger partial charge in [0.15, 0.2) is 0 Å². The summed E-state index contributed by atoms with van der Waals surface area (Å²) >= 11 is 5.95. The quantitative estimate of drug-likeness (QED) is 0.531. The van der Waals surface area contributed by atoms with Crippen LogP contribution in [0.2, 0.25) is 5.02 Å². The number of hydrogen-bond acceptors (Lipinski definition) is 6. The van der Waals surface area contributed by atoms with E-state index in [0.29, 0.717) is 35.0 Å². The zero-order valence-corrected chi connectivity index (χ0v) is 17.4. The van der Waals surface area contributed by atoms with Crippen LogP contribution in [0.25, 0.3) is 10.9 Å². The largest absolute Gasteiger partial charge is 0.522 e. The maximum atomic E-state index is 12.4. The Morgan fingerprint density at radius 1 is 1.25 bits per heavy atom. The zero-order chi connectivity index (χ0) is 22.9. The molecule has 1 amide bonds. The molecule has 168 valence electrons. The molecular formula is C21H18ClF3N4O3. The lowest BCUT2D eigenvalue weighted by Gasteiger charge is -2.32. The van der Waals surface area contributed by atoms with Gasteiger partial charge in [0.05, 0.1) is 11.6 Å². The molecule has 0 aliphatic heterocycles. The second-order valence-corrected chi connectivity index (χ2v) is 7.92. The predicted molar refractivity (Wildman–Crippen MR) is 109 cm³/mol. The monoisotopic (exact) mass is 466 g/mol. The van der Waals surface area contributed by atoms with Gasteiger partial charge < -0.3 is 9.73 Å². The molecule has 0 atom stereocenters. The third-order valence-electron chi connectivity index (χ3n) is 5.04. The fourth-order valence-corrected chi connectivity index (χ4v) is 3.53. The fraction of sp³-hybridized carbons (Fsp3) is 0.333. The highest BCUT2D eigenvalue weighted by Crippen LogP contribution is 2.40. The molecule has 1 fully saturated rings. The number of alkyl halides is 3. The summed E-state index contributed by atoms with van der Waals surface area (Å²) in [6, 6.07) is 8.55. The van der Waals surface area contributed by atoms with E-state index in [-0.39, 0.29) is 30.3 Å². The highest BCUT2D eigenvalue weighted by molar-refractivity contribution is 6.31. The van der Waals surface area contributed by atoms with Gasteiger partial charge >= 0.3 is 6.36 Å². The molecule has 1 aliphatic carbocycles. The molecule has 2 heterocycles. The Morgan fingerprint density at radius 3 is 2.78 bits per heavy atom. The molecule has 0 unspecified atom stereocenters. The molecule has 4 rings (SSSR count). The Kier molecular flexibility index (Phi) is 6.16. The highest BCUT2D eigenvalue weighted by Gasteiger charge is 2.42. The standard InChI is InChI=1S/C21H18ClF3N4O3/c1-11(26-19(30)17-5-3-12-8-14(22)4-6-16(12)27-17)2-7-18-28-29-20(31-18)13-9-15(10-13)32-21(23,24)25/h3-6,8,13,15H,1-2,7,9-10H2,(H,26,30)/t13-,15+. The number of ether oxygens (including phenoxy) is 1. The van der Waals surface area contributed by atoms with Crippen molar-refractivity contribution < 1.29 is 27.1 Å². The average molecular weight is 467 g/mol. The van der Waals surface area contributed by atoms with Crippen molar-refractivity contribution >= 4 is 28.4 Å². The van der Waals surface area contributed by atoms with E-state index in [0.717, 1.165) is 5.39 Å². The molecule has 3 aromatic rings. The van der Waals surface area contributed by atoms with Gasteiger partial charge in [-0.3, -0.25) is 9.53 Å². The number of aromatic nitrogens is 3. The van der Waals surface area contributed by atoms with Gasteiger partial charge in [-0.2, -0.15) is 0 Å². The first-order valence-electron chi connectivity index (χ1n) is 9.78. The minimum absolute atomic E-state index is 0.175. The Labute approximate surface area is 185 Å². The van der Waals surface area contributed by atoms with E-state index in [9.17, 15) is 18.0 Å². The number of hydrogen-bond donors (Lipinski definition) is 1. The average Bonchev–Trinajstić information content (AvgIpc) is 3.16. The molecule has 0 radical (unpaired) electrons. The van der Waals surface area contributed by atoms with E-state index in [2.05, 4.69) is 31.8 Å². The number of benzene rings is 1. The molecule has 0 saturated heterocycles. The van der Waals surface area contributed by atoms with Crippen LogP contribution in [0.4, 0.5) is 13.2 Å². The van der Waals surface area contributed by atoms with E-state index < -0.39 is 18.4 Å². The van der Waals surface area contributed by atoms with Crippen LogP contribution in [0.1, 0.15) is 47.5 Å². The van der Waals surface area contributed by atoms with Crippen molar-refractivity contribution in [2.24, 2.45) is 0 Å². The number of amides is 1. The molecule has 7 nitrogen and oxygen atoms in total. The van der Waals surface area contributed by atoms with Crippen LogP contribution in [0.3, 0.4) is 0 Å². The third-order valence-corrected chi connectivity index (χ3v) is 5.28. The summed E-state index contributed by atoms with van der Waals surface area (Å²) in [6.45, 7) is 3.83. The van der Waals surface area contributed by atoms with Gasteiger partial charge in [0.1, 0.15) is 5.69 Å². The summed E-state index contributed by atoms with van der Waals surface area (Å²) in [4.78, 5) is 16.8. The topological polar surface area (TPSA) is 90.1 Å². The first kappa shape index (κ1) is 22.2. The van der Waals surface area contributed by atoms with Crippen molar-refractivity contribution in [3.63, 3.8) is 0 Å². The van der Waals surface area contributed by atoms with Crippen LogP contribution in [0, 0.1) is 0 Å². The lowest BCUT2D eigenvalue weighted by molar-refractivity contribution is -0.352. The molecule has 0 bridgehead atoms. The number of carbonyl (C=O) groups excluding carboxylic acids is 1. The lowest BCUT2D eigenvalue weighted by Crippen LogP contribution is -2.34. The predicted octanol–water partition coefficient (Wildman–Crippen LogP) is 4.93. The number of pyridine rings is 1. The Morgan fingerprint density at radius 2 is 2.03 bits per heavy atom. The number of allylic oxidation sites excluding steroid dienone is 1. The maximum Gasteiger partial charge on any atom is 0.522 e. The van der Waals surface area contributed by atoms with Crippen LogP contribution >= 0.6 is 11.6 Å². The summed E-state index contributed by atoms with van der Waals surface area (Å²) in [5.41, 5.74) is 1.32. The molecule has 0 spiro atoms. The molecule has 1 aromatic carbocycles. The summed E-state index contributed by atoms with van der Waals surface area (Å²) < 4.78 is 46.1. The van der Waals surface area contributed by atoms with Crippen molar-refractivity contribution in [2.45, 2.75) is 44.1 Å². The van der Waals surface area contributed by atoms with E-state index in [1.54, 1.807) is 30.3 Å². The highest BCUT2D eigenvalue weighted by atomic mass is 35.5. The van der Waals surface area contributed by atoms with E-state index >= 15 is 0 Å². The molecule has 1 N–H and O–H groups in total. The Bertz CT molecular complexity index is 1160. The fourth-order valence-electron chi connectivity index (χ4n) is 3.35. The Balaban J connectivity index is 1.26. The van der Waals surface area contributed by atoms with Gasteiger partial charge in [0, 0.05) is 28.4 Å². The summed E-state index contributed by atoms with van der Waals surface area (Å²) in [5, 5.41) is 11.9. The zero-order valence-electron chi connectivity index (χ0n) is 16.7. The van der Waals surface area contributed by atoms with Crippen molar-refractivity contribution in [2.75, 3.05) is 0 Å². The van der Waals surface area contributed by atoms with Gasteiger partial charge in [0.2, 0.25) is 11.8 Å². The minimum atomic E-state index is -4.64. The number of fused-ring (bicyclic) bond motifs is 1. The second-order valence-electron chi connectivity index (χ2n) is 7.48. The minimum Gasteiger partial charge on any atom is -0.425 e. The lowest BCUT2D eigenvalue weighted by atomic mass is 9.82. The van der Waals surface area contributed by atoms with Crippen molar-refractivity contribution in [3.8, 4) is 0 Å². The van der Waals surface area contributed by atoms with Gasteiger partial charge in [-0.25, -0.2) is 4.98 Å². The van der Waals surface area contributed by atoms with Crippen molar-refractivity contribution in [1.29, 1.82) is 0 Å². The van der Waals surface area contributed by atoms with Gasteiger partial charge in [0.25, 0.3) is 5.91 Å². The summed E-state index contributed by atoms with van der Waals surface area (Å²) in [6.07, 6.45) is -4.50. The second kappa shape index (κ2) is 8.87. The summed E-state index contributed by atoms with van der Waals surface area (Å²) in [5.74, 6) is -0.0444. The molecule has 2 aromatic heterocycles. The van der Waals surface area contributed by atoms with E-state index in [1.807, 2.05) is 0 Å². The molecule has 32 heavy (non-hydrogen) atoms. The number of carbonyl (C=O) groups is 1. The summed E-state index contributed by atoms with van der Waals surface area (Å²) in [7, 11) is 0. The van der Waals surface area contributed by atoms with E-state index in [4.69, 9.17) is 16.0 Å². The SMILES string of the molecule is C=C(CCc1nnc([C@H]2C[C@@H](OC(F)(F)F)C2)o1)NC(=O)c1ccc2cc(Cl)ccc2n1. The number of nitrogens with one attached hydrogen (secondary N) is 1. The van der Waals surface area contributed by atoms with Crippen LogP contribution < -0.4 is 5.32 Å². The smallest absolute Gasteiger partial charge is 0.425 e. The van der Waals surface area contributed by atoms with Crippen LogP contribution in [-0.4, -0.2) is 33.6 Å². The van der Waals surface area contributed by atoms with Gasteiger partial charge in [-0.05, 0) is 43.5 Å². The number of aryl methyl sites for hydroxylation is 1. The van der Waals surface area contributed by atoms with Gasteiger partial charge in [-0.15, -0.1) is 23.4 Å². The number of nitrogens with zero attached hydrogens (tertiary/aromatic N) is 3. The number of halogens is 4. The van der Waals surface area contributed by atoms with Crippen LogP contribution in [0.5, 0.6) is 0 Å².